The lowest BCUT2D eigenvalue weighted by Crippen LogP contribution is -2.22. The minimum absolute atomic E-state index is 0.157. The molecule has 0 unspecified atom stereocenters. The Kier molecular flexibility index (Phi) is 5.06. The molecule has 0 atom stereocenters. The molecule has 0 aromatic rings. The predicted octanol–water partition coefficient (Wildman–Crippen LogP) is 1.96. The predicted molar refractivity (Wildman–Crippen MR) is 47.0 cm³/mol. The maximum atomic E-state index is 11.0. The lowest BCUT2D eigenvalue weighted by Gasteiger charge is -2.04. The Balaban J connectivity index is 4.31. The van der Waals surface area contributed by atoms with Crippen LogP contribution in [0.1, 0.15) is 20.3 Å². The number of hydrogen-bond donors (Lipinski definition) is 0. The summed E-state index contributed by atoms with van der Waals surface area (Å²) in [5.41, 5.74) is 0.686. The van der Waals surface area contributed by atoms with E-state index >= 15 is 0 Å². The molecule has 0 saturated heterocycles. The number of carbonyl (C=O) groups is 1. The molecule has 0 fully saturated rings. The molecule has 0 rings (SSSR count). The first-order valence-electron chi connectivity index (χ1n) is 3.47. The summed E-state index contributed by atoms with van der Waals surface area (Å²) in [6, 6.07) is -0.762. The molecule has 0 aliphatic carbocycles. The highest BCUT2D eigenvalue weighted by atomic mass is 35.5. The van der Waals surface area contributed by atoms with Crippen LogP contribution < -0.4 is 0 Å². The number of nitrogens with zero attached hydrogens (tertiary/aromatic N) is 3. The lowest BCUT2D eigenvalue weighted by molar-refractivity contribution is 0.232. The second kappa shape index (κ2) is 5.56. The van der Waals surface area contributed by atoms with E-state index in [-0.39, 0.29) is 6.00 Å². The Labute approximate surface area is 76.4 Å². The fraction of sp³-hybridized carbons (Fsp3) is 0.571. The minimum atomic E-state index is -0.605. The zero-order valence-corrected chi connectivity index (χ0v) is 7.80. The number of urea groups is 1. The Hall–Kier alpha value is -1.08. The summed E-state index contributed by atoms with van der Waals surface area (Å²) < 4.78 is 0. The number of rotatable bonds is 2. The fourth-order valence-electron chi connectivity index (χ4n) is 0.423. The molecule has 0 N–H and O–H groups in total. The third-order valence-corrected chi connectivity index (χ3v) is 1.51. The maximum absolute atomic E-state index is 11.0. The Bertz CT molecular complexity index is 231. The molecule has 66 valence electrons. The number of alkyl halides is 1. The van der Waals surface area contributed by atoms with Crippen LogP contribution in [0.2, 0.25) is 0 Å². The molecule has 0 aromatic heterocycles. The molecule has 0 radical (unpaired) electrons. The van der Waals surface area contributed by atoms with Crippen LogP contribution in [0.5, 0.6) is 0 Å². The summed E-state index contributed by atoms with van der Waals surface area (Å²) in [5.74, 6) is 0. The van der Waals surface area contributed by atoms with Gasteiger partial charge in [-0.15, -0.1) is 11.6 Å². The number of amides is 2. The summed E-state index contributed by atoms with van der Waals surface area (Å²) in [6.45, 7) is 3.60. The van der Waals surface area contributed by atoms with Gasteiger partial charge in [0.05, 0.1) is 0 Å². The van der Waals surface area contributed by atoms with Gasteiger partial charge in [-0.1, -0.05) is 6.92 Å². The molecular weight excluding hydrogens is 178 g/mol. The van der Waals surface area contributed by atoms with Gasteiger partial charge in [0.1, 0.15) is 6.00 Å². The average molecular weight is 188 g/mol. The van der Waals surface area contributed by atoms with Gasteiger partial charge in [0.15, 0.2) is 6.19 Å². The van der Waals surface area contributed by atoms with Crippen LogP contribution in [0.25, 0.3) is 0 Å². The van der Waals surface area contributed by atoms with Crippen LogP contribution in [-0.4, -0.2) is 22.6 Å². The van der Waals surface area contributed by atoms with Gasteiger partial charge in [-0.3, -0.25) is 0 Å². The van der Waals surface area contributed by atoms with Crippen LogP contribution in [-0.2, 0) is 0 Å². The molecule has 2 amide bonds. The third-order valence-electron chi connectivity index (χ3n) is 1.27. The monoisotopic (exact) mass is 187 g/mol. The van der Waals surface area contributed by atoms with E-state index in [9.17, 15) is 4.79 Å². The molecule has 5 heteroatoms. The first-order valence-corrected chi connectivity index (χ1v) is 4.00. The van der Waals surface area contributed by atoms with E-state index in [1.165, 1.54) is 0 Å². The van der Waals surface area contributed by atoms with Crippen molar-refractivity contribution in [2.75, 3.05) is 6.00 Å². The molecule has 0 spiro atoms. The van der Waals surface area contributed by atoms with Gasteiger partial charge in [0, 0.05) is 5.71 Å². The zero-order valence-electron chi connectivity index (χ0n) is 7.04. The molecule has 0 aliphatic heterocycles. The minimum Gasteiger partial charge on any atom is -0.245 e. The quantitative estimate of drug-likeness (QED) is 0.218. The van der Waals surface area contributed by atoms with Crippen LogP contribution in [0, 0.1) is 11.5 Å². The van der Waals surface area contributed by atoms with Crippen molar-refractivity contribution in [2.45, 2.75) is 20.3 Å². The van der Waals surface area contributed by atoms with Gasteiger partial charge in [-0.25, -0.2) is 14.7 Å². The highest BCUT2D eigenvalue weighted by Crippen LogP contribution is 1.95. The van der Waals surface area contributed by atoms with E-state index in [1.54, 1.807) is 13.1 Å². The number of carbonyl (C=O) groups excluding carboxylic acids is 1. The first-order chi connectivity index (χ1) is 5.65. The summed E-state index contributed by atoms with van der Waals surface area (Å²) in [7, 11) is 0. The summed E-state index contributed by atoms with van der Waals surface area (Å²) >= 11 is 5.30. The standard InChI is InChI=1S/C7H10ClN3O/c1-3-6(2)10-7(12)11(4-8)5-9/h3-4H2,1-2H3. The van der Waals surface area contributed by atoms with E-state index in [0.29, 0.717) is 12.1 Å². The third kappa shape index (κ3) is 3.35. The van der Waals surface area contributed by atoms with Crippen molar-refractivity contribution in [2.24, 2.45) is 4.99 Å². The average Bonchev–Trinajstić information content (AvgIpc) is 2.06. The Morgan fingerprint density at radius 3 is 2.67 bits per heavy atom. The van der Waals surface area contributed by atoms with Crippen LogP contribution >= 0.6 is 11.6 Å². The van der Waals surface area contributed by atoms with E-state index < -0.39 is 6.03 Å². The highest BCUT2D eigenvalue weighted by Gasteiger charge is 2.09. The van der Waals surface area contributed by atoms with Crippen molar-refractivity contribution in [3.63, 3.8) is 0 Å². The molecule has 0 aromatic carbocycles. The summed E-state index contributed by atoms with van der Waals surface area (Å²) in [5, 5.41) is 8.38. The second-order valence-corrected chi connectivity index (χ2v) is 2.37. The molecule has 0 bridgehead atoms. The highest BCUT2D eigenvalue weighted by molar-refractivity contribution is 6.18. The van der Waals surface area contributed by atoms with Crippen molar-refractivity contribution < 1.29 is 4.79 Å². The largest absolute Gasteiger partial charge is 0.357 e. The van der Waals surface area contributed by atoms with Crippen molar-refractivity contribution in [1.29, 1.82) is 5.26 Å². The normalized spacial score (nSPS) is 10.7. The molecule has 0 saturated carbocycles. The molecule has 0 aliphatic rings. The van der Waals surface area contributed by atoms with Crippen molar-refractivity contribution >= 4 is 23.3 Å². The van der Waals surface area contributed by atoms with E-state index in [4.69, 9.17) is 16.9 Å². The number of aliphatic imine (C=N–C) groups is 1. The van der Waals surface area contributed by atoms with Crippen molar-refractivity contribution in [3.05, 3.63) is 0 Å². The smallest absolute Gasteiger partial charge is 0.245 e. The van der Waals surface area contributed by atoms with E-state index in [0.717, 1.165) is 4.90 Å². The van der Waals surface area contributed by atoms with E-state index in [2.05, 4.69) is 4.99 Å². The van der Waals surface area contributed by atoms with Gasteiger partial charge >= 0.3 is 6.03 Å². The van der Waals surface area contributed by atoms with Crippen LogP contribution in [0.4, 0.5) is 4.79 Å². The number of hydrogen-bond acceptors (Lipinski definition) is 2. The summed E-state index contributed by atoms with van der Waals surface area (Å²) in [4.78, 5) is 15.4. The molecule has 0 heterocycles. The topological polar surface area (TPSA) is 56.5 Å². The van der Waals surface area contributed by atoms with Crippen molar-refractivity contribution in [1.82, 2.24) is 4.90 Å². The molecule has 4 nitrogen and oxygen atoms in total. The Morgan fingerprint density at radius 1 is 1.75 bits per heavy atom. The van der Waals surface area contributed by atoms with E-state index in [1.807, 2.05) is 6.92 Å². The summed E-state index contributed by atoms with van der Waals surface area (Å²) in [6.07, 6.45) is 2.31. The number of halogens is 1. The van der Waals surface area contributed by atoms with Gasteiger partial charge in [-0.2, -0.15) is 5.26 Å². The fourth-order valence-corrected chi connectivity index (χ4v) is 0.579. The second-order valence-electron chi connectivity index (χ2n) is 2.13. The van der Waals surface area contributed by atoms with Crippen LogP contribution in [0.15, 0.2) is 4.99 Å². The SMILES string of the molecule is CCC(C)=NC(=O)N(C#N)CCl. The lowest BCUT2D eigenvalue weighted by atomic mass is 10.3. The van der Waals surface area contributed by atoms with Crippen molar-refractivity contribution in [3.8, 4) is 6.19 Å². The van der Waals surface area contributed by atoms with Gasteiger partial charge in [0.2, 0.25) is 0 Å². The maximum Gasteiger partial charge on any atom is 0.357 e. The number of nitriles is 1. The zero-order chi connectivity index (χ0) is 9.56. The van der Waals surface area contributed by atoms with Gasteiger partial charge in [0.25, 0.3) is 0 Å². The van der Waals surface area contributed by atoms with Crippen LogP contribution in [0.3, 0.4) is 0 Å². The van der Waals surface area contributed by atoms with Gasteiger partial charge < -0.3 is 0 Å². The molecule has 12 heavy (non-hydrogen) atoms. The first kappa shape index (κ1) is 10.9. The molecular formula is C7H10ClN3O. The Morgan fingerprint density at radius 2 is 2.33 bits per heavy atom. The van der Waals surface area contributed by atoms with Gasteiger partial charge in [-0.05, 0) is 13.3 Å².